The maximum absolute atomic E-state index is 13.1. The number of aryl methyl sites for hydroxylation is 2. The molecule has 1 aliphatic carbocycles. The molecular weight excluding hydrogens is 314 g/mol. The van der Waals surface area contributed by atoms with Crippen molar-refractivity contribution in [1.82, 2.24) is 5.32 Å². The van der Waals surface area contributed by atoms with Gasteiger partial charge in [-0.15, -0.1) is 0 Å². The molecule has 0 radical (unpaired) electrons. The van der Waals surface area contributed by atoms with Crippen LogP contribution < -0.4 is 5.32 Å². The van der Waals surface area contributed by atoms with E-state index in [1.54, 1.807) is 7.11 Å². The molecule has 1 spiro atoms. The molecule has 1 aromatic carbocycles. The fourth-order valence-corrected chi connectivity index (χ4v) is 4.07. The van der Waals surface area contributed by atoms with Gasteiger partial charge in [0.25, 0.3) is 0 Å². The van der Waals surface area contributed by atoms with Gasteiger partial charge in [-0.25, -0.2) is 0 Å². The Balaban J connectivity index is 1.92. The third kappa shape index (κ3) is 2.68. The van der Waals surface area contributed by atoms with Gasteiger partial charge in [-0.3, -0.25) is 9.59 Å². The second-order valence-corrected chi connectivity index (χ2v) is 7.17. The highest BCUT2D eigenvalue weighted by Gasteiger charge is 2.54. The molecule has 124 valence electrons. The number of halogens is 1. The summed E-state index contributed by atoms with van der Waals surface area (Å²) in [5.41, 5.74) is 1.84. The first-order valence-electron chi connectivity index (χ1n) is 8.04. The fourth-order valence-electron chi connectivity index (χ4n) is 3.85. The Bertz CT molecular complexity index is 662. The Morgan fingerprint density at radius 2 is 1.83 bits per heavy atom. The lowest BCUT2D eigenvalue weighted by molar-refractivity contribution is -0.126. The summed E-state index contributed by atoms with van der Waals surface area (Å²) in [4.78, 5) is 25.6. The van der Waals surface area contributed by atoms with Crippen LogP contribution in [0.5, 0.6) is 0 Å². The molecule has 1 saturated carbocycles. The zero-order valence-electron chi connectivity index (χ0n) is 13.7. The molecule has 1 aromatic rings. The third-order valence-electron chi connectivity index (χ3n) is 5.34. The van der Waals surface area contributed by atoms with E-state index in [-0.39, 0.29) is 17.8 Å². The van der Waals surface area contributed by atoms with Gasteiger partial charge < -0.3 is 10.1 Å². The number of ketones is 1. The lowest BCUT2D eigenvalue weighted by Crippen LogP contribution is -2.50. The van der Waals surface area contributed by atoms with Crippen LogP contribution in [0.25, 0.3) is 0 Å². The summed E-state index contributed by atoms with van der Waals surface area (Å²) in [6.07, 6.45) is 3.09. The van der Waals surface area contributed by atoms with Crippen LogP contribution in [-0.4, -0.2) is 30.4 Å². The molecule has 3 rings (SSSR count). The van der Waals surface area contributed by atoms with E-state index in [4.69, 9.17) is 16.3 Å². The van der Waals surface area contributed by atoms with Crippen molar-refractivity contribution in [3.05, 3.63) is 33.8 Å². The number of methoxy groups -OCH3 is 1. The highest BCUT2D eigenvalue weighted by Crippen LogP contribution is 2.41. The number of rotatable bonds is 2. The maximum Gasteiger partial charge on any atom is 0.235 e. The van der Waals surface area contributed by atoms with E-state index in [0.717, 1.165) is 29.5 Å². The Labute approximate surface area is 141 Å². The van der Waals surface area contributed by atoms with Gasteiger partial charge >= 0.3 is 0 Å². The zero-order chi connectivity index (χ0) is 16.8. The van der Waals surface area contributed by atoms with Gasteiger partial charge in [0.15, 0.2) is 5.78 Å². The Hall–Kier alpha value is -1.39. The van der Waals surface area contributed by atoms with Crippen molar-refractivity contribution in [2.75, 3.05) is 7.11 Å². The highest BCUT2D eigenvalue weighted by molar-refractivity contribution is 6.31. The fraction of sp³-hybridized carbons (Fsp3) is 0.556. The molecule has 1 amide bonds. The van der Waals surface area contributed by atoms with Crippen LogP contribution in [0, 0.1) is 13.8 Å². The Morgan fingerprint density at radius 1 is 1.17 bits per heavy atom. The Kier molecular flexibility index (Phi) is 4.23. The van der Waals surface area contributed by atoms with E-state index in [1.807, 2.05) is 26.0 Å². The summed E-state index contributed by atoms with van der Waals surface area (Å²) >= 11 is 6.14. The Morgan fingerprint density at radius 3 is 2.43 bits per heavy atom. The van der Waals surface area contributed by atoms with Crippen LogP contribution in [0.2, 0.25) is 5.02 Å². The third-order valence-corrected chi connectivity index (χ3v) is 5.74. The van der Waals surface area contributed by atoms with Crippen molar-refractivity contribution in [2.24, 2.45) is 0 Å². The number of ether oxygens (including phenoxy) is 1. The summed E-state index contributed by atoms with van der Waals surface area (Å²) in [5.74, 6) is -0.900. The molecule has 4 nitrogen and oxygen atoms in total. The van der Waals surface area contributed by atoms with Crippen LogP contribution in [0.3, 0.4) is 0 Å². The second kappa shape index (κ2) is 5.91. The molecule has 1 atom stereocenters. The van der Waals surface area contributed by atoms with E-state index in [1.165, 1.54) is 0 Å². The average Bonchev–Trinajstić information content (AvgIpc) is 2.75. The predicted octanol–water partition coefficient (Wildman–Crippen LogP) is 3.07. The first kappa shape index (κ1) is 16.5. The highest BCUT2D eigenvalue weighted by atomic mass is 35.5. The normalized spacial score (nSPS) is 30.8. The molecule has 1 heterocycles. The molecule has 1 unspecified atom stereocenters. The first-order valence-corrected chi connectivity index (χ1v) is 8.41. The lowest BCUT2D eigenvalue weighted by atomic mass is 9.75. The van der Waals surface area contributed by atoms with E-state index in [0.29, 0.717) is 17.9 Å². The molecule has 0 aromatic heterocycles. The number of carbonyl (C=O) groups is 2. The van der Waals surface area contributed by atoms with Crippen LogP contribution in [0.4, 0.5) is 0 Å². The summed E-state index contributed by atoms with van der Waals surface area (Å²) in [6, 6.07) is 3.71. The zero-order valence-corrected chi connectivity index (χ0v) is 14.5. The second-order valence-electron chi connectivity index (χ2n) is 6.76. The monoisotopic (exact) mass is 335 g/mol. The van der Waals surface area contributed by atoms with E-state index < -0.39 is 11.5 Å². The molecule has 2 aliphatic rings. The van der Waals surface area contributed by atoms with Crippen molar-refractivity contribution in [3.63, 3.8) is 0 Å². The minimum absolute atomic E-state index is 0.00174. The number of amides is 1. The van der Waals surface area contributed by atoms with Gasteiger partial charge in [0.05, 0.1) is 11.6 Å². The molecule has 1 saturated heterocycles. The van der Waals surface area contributed by atoms with Crippen molar-refractivity contribution in [1.29, 1.82) is 0 Å². The average molecular weight is 336 g/mol. The predicted molar refractivity (Wildman–Crippen MR) is 88.8 cm³/mol. The van der Waals surface area contributed by atoms with Gasteiger partial charge in [0, 0.05) is 12.1 Å². The SMILES string of the molecule is COC1CCC2(CC1)NC(=O)C(c1cc(C)c(Cl)cc1C)C2=O. The summed E-state index contributed by atoms with van der Waals surface area (Å²) < 4.78 is 5.38. The summed E-state index contributed by atoms with van der Waals surface area (Å²) in [6.45, 7) is 3.79. The van der Waals surface area contributed by atoms with Gasteiger partial charge in [0.2, 0.25) is 5.91 Å². The van der Waals surface area contributed by atoms with Crippen LogP contribution in [0.15, 0.2) is 12.1 Å². The number of hydrogen-bond acceptors (Lipinski definition) is 3. The van der Waals surface area contributed by atoms with Crippen molar-refractivity contribution >= 4 is 23.3 Å². The summed E-state index contributed by atoms with van der Waals surface area (Å²) in [7, 11) is 1.69. The molecule has 1 aliphatic heterocycles. The van der Waals surface area contributed by atoms with Gasteiger partial charge in [-0.05, 0) is 62.3 Å². The van der Waals surface area contributed by atoms with Crippen molar-refractivity contribution < 1.29 is 14.3 Å². The van der Waals surface area contributed by atoms with Crippen molar-refractivity contribution in [2.45, 2.75) is 57.1 Å². The van der Waals surface area contributed by atoms with E-state index in [9.17, 15) is 9.59 Å². The van der Waals surface area contributed by atoms with Crippen LogP contribution in [0.1, 0.15) is 48.3 Å². The van der Waals surface area contributed by atoms with Gasteiger partial charge in [-0.1, -0.05) is 17.7 Å². The number of nitrogens with one attached hydrogen (secondary N) is 1. The molecular formula is C18H22ClNO3. The van der Waals surface area contributed by atoms with E-state index >= 15 is 0 Å². The number of carbonyl (C=O) groups excluding carboxylic acids is 2. The first-order chi connectivity index (χ1) is 10.9. The smallest absolute Gasteiger partial charge is 0.235 e. The van der Waals surface area contributed by atoms with Crippen molar-refractivity contribution in [3.8, 4) is 0 Å². The number of Topliss-reactive ketones (excluding diaryl/α,β-unsaturated/α-hetero) is 1. The van der Waals surface area contributed by atoms with E-state index in [2.05, 4.69) is 5.32 Å². The minimum Gasteiger partial charge on any atom is -0.381 e. The van der Waals surface area contributed by atoms with Crippen LogP contribution in [-0.2, 0) is 14.3 Å². The number of hydrogen-bond donors (Lipinski definition) is 1. The van der Waals surface area contributed by atoms with Gasteiger partial charge in [-0.2, -0.15) is 0 Å². The minimum atomic E-state index is -0.718. The topological polar surface area (TPSA) is 55.4 Å². The largest absolute Gasteiger partial charge is 0.381 e. The maximum atomic E-state index is 13.1. The van der Waals surface area contributed by atoms with Gasteiger partial charge in [0.1, 0.15) is 5.92 Å². The molecule has 2 fully saturated rings. The number of benzene rings is 1. The van der Waals surface area contributed by atoms with Crippen LogP contribution >= 0.6 is 11.6 Å². The standard InChI is InChI=1S/C18H22ClNO3/c1-10-9-14(19)11(2)8-13(10)15-16(21)18(20-17(15)22)6-4-12(23-3)5-7-18/h8-9,12,15H,4-7H2,1-3H3,(H,20,22). The molecule has 5 heteroatoms. The molecule has 23 heavy (non-hydrogen) atoms. The molecule has 0 bridgehead atoms. The quantitative estimate of drug-likeness (QED) is 0.845. The molecule has 1 N–H and O–H groups in total. The summed E-state index contributed by atoms with van der Waals surface area (Å²) in [5, 5.41) is 3.66. The lowest BCUT2D eigenvalue weighted by Gasteiger charge is -2.35.